The molecule has 0 radical (unpaired) electrons. The molecule has 1 amide bonds. The molecule has 2 aromatic rings. The number of furan rings is 1. The molecule has 0 spiro atoms. The Morgan fingerprint density at radius 1 is 1.24 bits per heavy atom. The summed E-state index contributed by atoms with van der Waals surface area (Å²) in [5.74, 6) is 0.429. The summed E-state index contributed by atoms with van der Waals surface area (Å²) in [4.78, 5) is 14.5. The van der Waals surface area contributed by atoms with Crippen LogP contribution in [0.15, 0.2) is 50.4 Å². The third kappa shape index (κ3) is 3.08. The van der Waals surface area contributed by atoms with Crippen molar-refractivity contribution in [1.82, 2.24) is 0 Å². The Kier molecular flexibility index (Phi) is 4.21. The summed E-state index contributed by atoms with van der Waals surface area (Å²) in [6, 6.07) is 10.5. The van der Waals surface area contributed by atoms with Crippen LogP contribution in [0.3, 0.4) is 0 Å². The minimum atomic E-state index is -0.167. The largest absolute Gasteiger partial charge is 0.450 e. The summed E-state index contributed by atoms with van der Waals surface area (Å²) in [5.41, 5.74) is 0.700. The number of carbonyl (C=O) groups excluding carboxylic acids is 1. The van der Waals surface area contributed by atoms with E-state index in [1.54, 1.807) is 42.5 Å². The molecular weight excluding hydrogens is 394 g/mol. The normalized spacial score (nSPS) is 17.0. The lowest BCUT2D eigenvalue weighted by Gasteiger charge is -2.14. The highest BCUT2D eigenvalue weighted by Crippen LogP contribution is 2.36. The smallest absolute Gasteiger partial charge is 0.270 e. The number of nitrogens with zero attached hydrogens (tertiary/aromatic N) is 1. The molecule has 7 heteroatoms. The van der Waals surface area contributed by atoms with Crippen LogP contribution < -0.4 is 4.90 Å². The number of anilines is 1. The second-order valence-corrected chi connectivity index (χ2v) is 7.03. The lowest BCUT2D eigenvalue weighted by Crippen LogP contribution is -2.27. The van der Waals surface area contributed by atoms with Crippen molar-refractivity contribution in [2.75, 3.05) is 4.90 Å². The van der Waals surface area contributed by atoms with Gasteiger partial charge in [-0.05, 0) is 52.3 Å². The van der Waals surface area contributed by atoms with E-state index in [2.05, 4.69) is 15.9 Å². The van der Waals surface area contributed by atoms with E-state index in [-0.39, 0.29) is 5.91 Å². The maximum atomic E-state index is 12.5. The molecular formula is C14H7BrClNO2S2. The van der Waals surface area contributed by atoms with Crippen molar-refractivity contribution in [1.29, 1.82) is 0 Å². The van der Waals surface area contributed by atoms with Crippen molar-refractivity contribution in [2.24, 2.45) is 0 Å². The van der Waals surface area contributed by atoms with Gasteiger partial charge in [0.1, 0.15) is 5.76 Å². The van der Waals surface area contributed by atoms with Crippen LogP contribution in [0, 0.1) is 0 Å². The molecule has 1 aromatic carbocycles. The Bertz CT molecular complexity index is 755. The van der Waals surface area contributed by atoms with Crippen molar-refractivity contribution in [3.05, 3.63) is 56.8 Å². The topological polar surface area (TPSA) is 33.5 Å². The van der Waals surface area contributed by atoms with Crippen LogP contribution in [0.1, 0.15) is 5.76 Å². The fourth-order valence-electron chi connectivity index (χ4n) is 1.82. The van der Waals surface area contributed by atoms with Crippen LogP contribution in [0.2, 0.25) is 5.02 Å². The lowest BCUT2D eigenvalue weighted by molar-refractivity contribution is -0.113. The van der Waals surface area contributed by atoms with Gasteiger partial charge in [0.25, 0.3) is 5.91 Å². The second-order valence-electron chi connectivity index (χ2n) is 4.14. The van der Waals surface area contributed by atoms with Crippen LogP contribution in [-0.2, 0) is 4.79 Å². The minimum Gasteiger partial charge on any atom is -0.450 e. The average Bonchev–Trinajstić information content (AvgIpc) is 2.96. The maximum Gasteiger partial charge on any atom is 0.270 e. The Hall–Kier alpha value is -1.08. The molecule has 1 aliphatic rings. The van der Waals surface area contributed by atoms with Crippen molar-refractivity contribution in [3.63, 3.8) is 0 Å². The summed E-state index contributed by atoms with van der Waals surface area (Å²) in [5, 5.41) is 0.611. The maximum absolute atomic E-state index is 12.5. The molecule has 0 unspecified atom stereocenters. The highest BCUT2D eigenvalue weighted by molar-refractivity contribution is 9.10. The Morgan fingerprint density at radius 2 is 1.95 bits per heavy atom. The van der Waals surface area contributed by atoms with Gasteiger partial charge in [0.15, 0.2) is 8.99 Å². The van der Waals surface area contributed by atoms with Crippen molar-refractivity contribution >= 4 is 73.5 Å². The molecule has 106 valence electrons. The highest BCUT2D eigenvalue weighted by atomic mass is 79.9. The monoisotopic (exact) mass is 399 g/mol. The Labute approximate surface area is 144 Å². The molecule has 21 heavy (non-hydrogen) atoms. The van der Waals surface area contributed by atoms with Gasteiger partial charge >= 0.3 is 0 Å². The van der Waals surface area contributed by atoms with E-state index in [9.17, 15) is 4.79 Å². The highest BCUT2D eigenvalue weighted by Gasteiger charge is 2.33. The number of amides is 1. The fraction of sp³-hybridized carbons (Fsp3) is 0. The quantitative estimate of drug-likeness (QED) is 0.518. The molecule has 3 rings (SSSR count). The number of benzene rings is 1. The molecule has 0 bridgehead atoms. The fourth-order valence-corrected chi connectivity index (χ4v) is 3.54. The van der Waals surface area contributed by atoms with Crippen molar-refractivity contribution in [2.45, 2.75) is 0 Å². The first kappa shape index (κ1) is 14.8. The van der Waals surface area contributed by atoms with Gasteiger partial charge in [-0.3, -0.25) is 9.69 Å². The molecule has 3 nitrogen and oxygen atoms in total. The van der Waals surface area contributed by atoms with Gasteiger partial charge in [-0.1, -0.05) is 35.6 Å². The third-order valence-corrected chi connectivity index (χ3v) is 4.73. The SMILES string of the molecule is O=C1C(=Cc2ccc(Br)o2)SC(=S)N1c1ccc(Cl)cc1. The third-order valence-electron chi connectivity index (χ3n) is 2.75. The zero-order chi connectivity index (χ0) is 15.0. The van der Waals surface area contributed by atoms with Crippen LogP contribution in [0.4, 0.5) is 5.69 Å². The van der Waals surface area contributed by atoms with Gasteiger partial charge in [0, 0.05) is 11.1 Å². The summed E-state index contributed by atoms with van der Waals surface area (Å²) < 4.78 is 6.48. The lowest BCUT2D eigenvalue weighted by atomic mass is 10.3. The molecule has 1 fully saturated rings. The molecule has 0 aliphatic carbocycles. The van der Waals surface area contributed by atoms with E-state index in [4.69, 9.17) is 28.2 Å². The average molecular weight is 401 g/mol. The first-order chi connectivity index (χ1) is 10.0. The van der Waals surface area contributed by atoms with Crippen LogP contribution in [0.5, 0.6) is 0 Å². The Balaban J connectivity index is 1.92. The molecule has 0 saturated carbocycles. The van der Waals surface area contributed by atoms with Gasteiger partial charge in [0.05, 0.1) is 10.6 Å². The van der Waals surface area contributed by atoms with Gasteiger partial charge in [0.2, 0.25) is 0 Å². The van der Waals surface area contributed by atoms with Gasteiger partial charge in [-0.2, -0.15) is 0 Å². The Morgan fingerprint density at radius 3 is 2.57 bits per heavy atom. The molecule has 0 atom stereocenters. The minimum absolute atomic E-state index is 0.167. The summed E-state index contributed by atoms with van der Waals surface area (Å²) in [7, 11) is 0. The number of hydrogen-bond donors (Lipinski definition) is 0. The summed E-state index contributed by atoms with van der Waals surface area (Å²) in [6.45, 7) is 0. The first-order valence-corrected chi connectivity index (χ1v) is 8.23. The molecule has 1 saturated heterocycles. The summed E-state index contributed by atoms with van der Waals surface area (Å²) >= 11 is 15.6. The van der Waals surface area contributed by atoms with E-state index in [0.29, 0.717) is 30.4 Å². The number of thiocarbonyl (C=S) groups is 1. The standard InChI is InChI=1S/C14H7BrClNO2S2/c15-12-6-5-10(19-12)7-11-13(18)17(14(20)21-11)9-3-1-8(16)2-4-9/h1-7H. The van der Waals surface area contributed by atoms with E-state index in [1.165, 1.54) is 16.7 Å². The number of hydrogen-bond acceptors (Lipinski definition) is 4. The number of carbonyl (C=O) groups is 1. The number of halogens is 2. The van der Waals surface area contributed by atoms with Crippen LogP contribution in [-0.4, -0.2) is 10.2 Å². The molecule has 1 aliphatic heterocycles. The second kappa shape index (κ2) is 5.96. The van der Waals surface area contributed by atoms with E-state index in [1.807, 2.05) is 0 Å². The van der Waals surface area contributed by atoms with Gasteiger partial charge < -0.3 is 4.42 Å². The predicted molar refractivity (Wildman–Crippen MR) is 93.5 cm³/mol. The van der Waals surface area contributed by atoms with Crippen molar-refractivity contribution in [3.8, 4) is 0 Å². The van der Waals surface area contributed by atoms with E-state index >= 15 is 0 Å². The molecule has 1 aromatic heterocycles. The van der Waals surface area contributed by atoms with Crippen LogP contribution >= 0.6 is 51.5 Å². The van der Waals surface area contributed by atoms with E-state index < -0.39 is 0 Å². The molecule has 2 heterocycles. The van der Waals surface area contributed by atoms with E-state index in [0.717, 1.165) is 0 Å². The molecule has 0 N–H and O–H groups in total. The zero-order valence-electron chi connectivity index (χ0n) is 10.4. The zero-order valence-corrected chi connectivity index (χ0v) is 14.4. The van der Waals surface area contributed by atoms with Gasteiger partial charge in [-0.25, -0.2) is 0 Å². The predicted octanol–water partition coefficient (Wildman–Crippen LogP) is 5.10. The van der Waals surface area contributed by atoms with Crippen LogP contribution in [0.25, 0.3) is 6.08 Å². The summed E-state index contributed by atoms with van der Waals surface area (Å²) in [6.07, 6.45) is 1.68. The number of rotatable bonds is 2. The first-order valence-electron chi connectivity index (χ1n) is 5.83. The van der Waals surface area contributed by atoms with Gasteiger partial charge in [-0.15, -0.1) is 0 Å². The number of thioether (sulfide) groups is 1. The van der Waals surface area contributed by atoms with Crippen molar-refractivity contribution < 1.29 is 9.21 Å².